The lowest BCUT2D eigenvalue weighted by atomic mass is 9.84. The maximum Gasteiger partial charge on any atom is 0.330 e. The van der Waals surface area contributed by atoms with Gasteiger partial charge in [-0.3, -0.25) is 4.79 Å². The van der Waals surface area contributed by atoms with Crippen LogP contribution in [0.3, 0.4) is 0 Å². The van der Waals surface area contributed by atoms with E-state index in [1.54, 1.807) is 6.08 Å². The van der Waals surface area contributed by atoms with Gasteiger partial charge in [0, 0.05) is 30.3 Å². The molecule has 1 rings (SSSR count). The number of carbonyl (C=O) groups excluding carboxylic acids is 2. The van der Waals surface area contributed by atoms with Crippen LogP contribution in [0.4, 0.5) is 0 Å². The first kappa shape index (κ1) is 20.6. The SMILES string of the molecule is C[C@@H]1C[C@H](C)[C@H](O)[C@@H](C)C=CC(=O)O[C@H](C)[C@@H](C)C=CCCC1=O. The van der Waals surface area contributed by atoms with Crippen molar-refractivity contribution < 1.29 is 19.4 Å². The number of hydrogen-bond acceptors (Lipinski definition) is 4. The van der Waals surface area contributed by atoms with Crippen LogP contribution >= 0.6 is 0 Å². The topological polar surface area (TPSA) is 63.6 Å². The molecule has 0 fully saturated rings. The van der Waals surface area contributed by atoms with Crippen molar-refractivity contribution in [2.75, 3.05) is 0 Å². The van der Waals surface area contributed by atoms with E-state index in [0.717, 1.165) is 0 Å². The molecule has 0 radical (unpaired) electrons. The van der Waals surface area contributed by atoms with Gasteiger partial charge in [-0.25, -0.2) is 4.79 Å². The molecule has 1 N–H and O–H groups in total. The summed E-state index contributed by atoms with van der Waals surface area (Å²) in [7, 11) is 0. The van der Waals surface area contributed by atoms with Gasteiger partial charge in [-0.05, 0) is 25.7 Å². The molecule has 24 heavy (non-hydrogen) atoms. The van der Waals surface area contributed by atoms with Gasteiger partial charge in [0.25, 0.3) is 0 Å². The predicted octanol–water partition coefficient (Wildman–Crippen LogP) is 3.69. The Bertz CT molecular complexity index is 480. The monoisotopic (exact) mass is 336 g/mol. The molecule has 4 nitrogen and oxygen atoms in total. The molecule has 0 aromatic carbocycles. The highest BCUT2D eigenvalue weighted by Crippen LogP contribution is 2.23. The lowest BCUT2D eigenvalue weighted by Crippen LogP contribution is -2.28. The van der Waals surface area contributed by atoms with Gasteiger partial charge in [0.2, 0.25) is 0 Å². The zero-order valence-electron chi connectivity index (χ0n) is 15.6. The molecule has 0 saturated carbocycles. The Balaban J connectivity index is 2.90. The molecule has 0 aliphatic carbocycles. The van der Waals surface area contributed by atoms with E-state index in [2.05, 4.69) is 0 Å². The largest absolute Gasteiger partial charge is 0.459 e. The highest BCUT2D eigenvalue weighted by molar-refractivity contribution is 5.82. The van der Waals surface area contributed by atoms with E-state index in [0.29, 0.717) is 19.3 Å². The van der Waals surface area contributed by atoms with Crippen molar-refractivity contribution >= 4 is 11.8 Å². The van der Waals surface area contributed by atoms with Gasteiger partial charge in [-0.1, -0.05) is 45.9 Å². The molecule has 0 aromatic heterocycles. The van der Waals surface area contributed by atoms with Crippen LogP contribution in [0.2, 0.25) is 0 Å². The molecule has 0 saturated heterocycles. The Morgan fingerprint density at radius 3 is 2.38 bits per heavy atom. The maximum absolute atomic E-state index is 12.2. The fraction of sp³-hybridized carbons (Fsp3) is 0.700. The van der Waals surface area contributed by atoms with Crippen LogP contribution in [-0.2, 0) is 14.3 Å². The summed E-state index contributed by atoms with van der Waals surface area (Å²) in [5, 5.41) is 10.4. The number of ether oxygens (including phenoxy) is 1. The summed E-state index contributed by atoms with van der Waals surface area (Å²) in [6, 6.07) is 0. The number of Topliss-reactive ketones (excluding diaryl/α,β-unsaturated/α-hetero) is 1. The van der Waals surface area contributed by atoms with E-state index < -0.39 is 6.10 Å². The summed E-state index contributed by atoms with van der Waals surface area (Å²) in [6.07, 6.45) is 8.11. The zero-order valence-corrected chi connectivity index (χ0v) is 15.6. The Morgan fingerprint density at radius 2 is 1.71 bits per heavy atom. The first-order valence-electron chi connectivity index (χ1n) is 8.98. The third-order valence-electron chi connectivity index (χ3n) is 4.97. The molecule has 0 bridgehead atoms. The standard InChI is InChI=1S/C20H32O4/c1-13-8-6-7-9-18(21)15(3)12-16(4)20(23)14(2)10-11-19(22)24-17(13)5/h6,8,10-11,13-17,20,23H,7,9,12H2,1-5H3/t13-,14-,15+,16-,17+,20+/m0/s1. The van der Waals surface area contributed by atoms with E-state index in [-0.39, 0.29) is 41.5 Å². The number of esters is 1. The number of allylic oxidation sites excluding steroid dienone is 1. The van der Waals surface area contributed by atoms with E-state index >= 15 is 0 Å². The lowest BCUT2D eigenvalue weighted by Gasteiger charge is -2.25. The summed E-state index contributed by atoms with van der Waals surface area (Å²) >= 11 is 0. The highest BCUT2D eigenvalue weighted by Gasteiger charge is 2.24. The van der Waals surface area contributed by atoms with Gasteiger partial charge in [0.1, 0.15) is 11.9 Å². The quantitative estimate of drug-likeness (QED) is 0.541. The zero-order chi connectivity index (χ0) is 18.3. The molecule has 0 spiro atoms. The second-order valence-electron chi connectivity index (χ2n) is 7.26. The Kier molecular flexibility index (Phi) is 8.40. The van der Waals surface area contributed by atoms with E-state index in [1.165, 1.54) is 6.08 Å². The predicted molar refractivity (Wildman–Crippen MR) is 95.4 cm³/mol. The minimum Gasteiger partial charge on any atom is -0.459 e. The fourth-order valence-corrected chi connectivity index (χ4v) is 2.96. The summed E-state index contributed by atoms with van der Waals surface area (Å²) in [5.41, 5.74) is 0. The first-order chi connectivity index (χ1) is 11.2. The molecular weight excluding hydrogens is 304 g/mol. The number of carbonyl (C=O) groups is 2. The molecular formula is C20H32O4. The summed E-state index contributed by atoms with van der Waals surface area (Å²) < 4.78 is 5.39. The number of rotatable bonds is 0. The molecule has 6 atom stereocenters. The maximum atomic E-state index is 12.2. The van der Waals surface area contributed by atoms with Crippen molar-refractivity contribution in [1.29, 1.82) is 0 Å². The Morgan fingerprint density at radius 1 is 1.04 bits per heavy atom. The number of aliphatic hydroxyl groups is 1. The smallest absolute Gasteiger partial charge is 0.330 e. The van der Waals surface area contributed by atoms with Crippen LogP contribution in [0.15, 0.2) is 24.3 Å². The van der Waals surface area contributed by atoms with Gasteiger partial charge >= 0.3 is 5.97 Å². The fourth-order valence-electron chi connectivity index (χ4n) is 2.96. The number of aliphatic hydroxyl groups excluding tert-OH is 1. The van der Waals surface area contributed by atoms with Gasteiger partial charge < -0.3 is 9.84 Å². The Labute approximate surface area is 146 Å². The molecule has 4 heteroatoms. The third-order valence-corrected chi connectivity index (χ3v) is 4.97. The first-order valence-corrected chi connectivity index (χ1v) is 8.98. The molecule has 1 aliphatic heterocycles. The van der Waals surface area contributed by atoms with Crippen LogP contribution in [-0.4, -0.2) is 29.1 Å². The molecule has 0 aromatic rings. The molecule has 1 heterocycles. The van der Waals surface area contributed by atoms with Crippen molar-refractivity contribution in [3.05, 3.63) is 24.3 Å². The number of cyclic esters (lactones) is 1. The lowest BCUT2D eigenvalue weighted by molar-refractivity contribution is -0.143. The van der Waals surface area contributed by atoms with E-state index in [9.17, 15) is 14.7 Å². The van der Waals surface area contributed by atoms with Crippen molar-refractivity contribution in [3.8, 4) is 0 Å². The molecule has 1 aliphatic rings. The normalized spacial score (nSPS) is 37.2. The highest BCUT2D eigenvalue weighted by atomic mass is 16.5. The number of hydrogen-bond donors (Lipinski definition) is 1. The molecule has 0 unspecified atom stereocenters. The minimum atomic E-state index is -0.589. The molecule has 136 valence electrons. The summed E-state index contributed by atoms with van der Waals surface area (Å²) in [6.45, 7) is 9.59. The van der Waals surface area contributed by atoms with Crippen LogP contribution < -0.4 is 0 Å². The van der Waals surface area contributed by atoms with Gasteiger partial charge in [-0.2, -0.15) is 0 Å². The van der Waals surface area contributed by atoms with Crippen LogP contribution in [0, 0.1) is 23.7 Å². The van der Waals surface area contributed by atoms with Crippen molar-refractivity contribution in [3.63, 3.8) is 0 Å². The van der Waals surface area contributed by atoms with Crippen molar-refractivity contribution in [2.24, 2.45) is 23.7 Å². The van der Waals surface area contributed by atoms with Gasteiger partial charge in [-0.15, -0.1) is 0 Å². The molecule has 0 amide bonds. The van der Waals surface area contributed by atoms with Crippen molar-refractivity contribution in [1.82, 2.24) is 0 Å². The van der Waals surface area contributed by atoms with Crippen LogP contribution in [0.1, 0.15) is 53.9 Å². The second kappa shape index (κ2) is 9.77. The minimum absolute atomic E-state index is 0.0120. The van der Waals surface area contributed by atoms with E-state index in [1.807, 2.05) is 46.8 Å². The van der Waals surface area contributed by atoms with Crippen LogP contribution in [0.25, 0.3) is 0 Å². The summed E-state index contributed by atoms with van der Waals surface area (Å²) in [5.74, 6) is -0.303. The average molecular weight is 336 g/mol. The number of ketones is 1. The summed E-state index contributed by atoms with van der Waals surface area (Å²) in [4.78, 5) is 24.1. The third kappa shape index (κ3) is 6.60. The average Bonchev–Trinajstić information content (AvgIpc) is 2.54. The Hall–Kier alpha value is -1.42. The van der Waals surface area contributed by atoms with E-state index in [4.69, 9.17) is 4.74 Å². The van der Waals surface area contributed by atoms with Gasteiger partial charge in [0.15, 0.2) is 0 Å². The second-order valence-corrected chi connectivity index (χ2v) is 7.26. The van der Waals surface area contributed by atoms with Crippen LogP contribution in [0.5, 0.6) is 0 Å². The van der Waals surface area contributed by atoms with Gasteiger partial charge in [0.05, 0.1) is 6.10 Å². The van der Waals surface area contributed by atoms with Crippen molar-refractivity contribution in [2.45, 2.75) is 66.1 Å².